The van der Waals surface area contributed by atoms with Gasteiger partial charge in [0.2, 0.25) is 0 Å². The molecule has 2 aromatic rings. The molecule has 2 amide bonds. The molecule has 0 saturated heterocycles. The Labute approximate surface area is 115 Å². The Bertz CT molecular complexity index is 647. The molecule has 0 aliphatic carbocycles. The summed E-state index contributed by atoms with van der Waals surface area (Å²) in [6, 6.07) is 6.69. The Hall–Kier alpha value is -2.14. The van der Waals surface area contributed by atoms with E-state index in [-0.39, 0.29) is 5.91 Å². The lowest BCUT2D eigenvalue weighted by molar-refractivity contribution is 0.100. The van der Waals surface area contributed by atoms with Crippen molar-refractivity contribution in [3.63, 3.8) is 0 Å². The second-order valence-corrected chi connectivity index (χ2v) is 5.28. The molecule has 0 atom stereocenters. The van der Waals surface area contributed by atoms with E-state index in [0.29, 0.717) is 16.8 Å². The first kappa shape index (κ1) is 13.3. The van der Waals surface area contributed by atoms with E-state index in [2.05, 4.69) is 5.32 Å². The molecule has 0 unspecified atom stereocenters. The first-order valence-corrected chi connectivity index (χ1v) is 6.63. The largest absolute Gasteiger partial charge is 0.366 e. The summed E-state index contributed by atoms with van der Waals surface area (Å²) in [5.74, 6) is -0.787. The quantitative estimate of drug-likeness (QED) is 0.903. The predicted molar refractivity (Wildman–Crippen MR) is 76.7 cm³/mol. The smallest absolute Gasteiger partial charge is 0.256 e. The molecular weight excluding hydrogens is 260 g/mol. The standard InChI is InChI=1S/C14H14N2O2S/c1-8-9(2)19-7-11(8)14(18)16-12-6-4-3-5-10(12)13(15)17/h3-7H,1-2H3,(H2,15,17)(H,16,18). The average Bonchev–Trinajstić information content (AvgIpc) is 2.70. The number of hydrogen-bond acceptors (Lipinski definition) is 3. The third-order valence-corrected chi connectivity index (χ3v) is 3.98. The fourth-order valence-electron chi connectivity index (χ4n) is 1.73. The summed E-state index contributed by atoms with van der Waals surface area (Å²) < 4.78 is 0. The number of thiophene rings is 1. The van der Waals surface area contributed by atoms with Crippen LogP contribution in [0, 0.1) is 13.8 Å². The van der Waals surface area contributed by atoms with E-state index >= 15 is 0 Å². The number of carbonyl (C=O) groups excluding carboxylic acids is 2. The third-order valence-electron chi connectivity index (χ3n) is 2.97. The molecule has 1 aromatic carbocycles. The van der Waals surface area contributed by atoms with E-state index in [1.165, 1.54) is 11.3 Å². The number of primary amides is 1. The first-order chi connectivity index (χ1) is 9.00. The molecule has 0 aliphatic heterocycles. The van der Waals surface area contributed by atoms with Crippen molar-refractivity contribution in [1.82, 2.24) is 0 Å². The molecular formula is C14H14N2O2S. The molecule has 0 fully saturated rings. The van der Waals surface area contributed by atoms with E-state index in [4.69, 9.17) is 5.73 Å². The molecule has 3 N–H and O–H groups in total. The highest BCUT2D eigenvalue weighted by atomic mass is 32.1. The minimum atomic E-state index is -0.561. The van der Waals surface area contributed by atoms with Crippen molar-refractivity contribution in [3.05, 3.63) is 51.2 Å². The first-order valence-electron chi connectivity index (χ1n) is 5.75. The van der Waals surface area contributed by atoms with Crippen LogP contribution in [0.4, 0.5) is 5.69 Å². The molecule has 0 saturated carbocycles. The van der Waals surface area contributed by atoms with E-state index in [0.717, 1.165) is 10.4 Å². The van der Waals surface area contributed by atoms with Crippen LogP contribution in [-0.2, 0) is 0 Å². The summed E-state index contributed by atoms with van der Waals surface area (Å²) in [5, 5.41) is 4.54. The maximum absolute atomic E-state index is 12.2. The number of para-hydroxylation sites is 1. The van der Waals surface area contributed by atoms with Gasteiger partial charge in [-0.3, -0.25) is 9.59 Å². The molecule has 2 rings (SSSR count). The normalized spacial score (nSPS) is 10.2. The minimum Gasteiger partial charge on any atom is -0.366 e. The molecule has 0 bridgehead atoms. The Morgan fingerprint density at radius 3 is 2.42 bits per heavy atom. The van der Waals surface area contributed by atoms with Crippen LogP contribution in [0.3, 0.4) is 0 Å². The van der Waals surface area contributed by atoms with Crippen LogP contribution in [0.25, 0.3) is 0 Å². The number of hydrogen-bond donors (Lipinski definition) is 2. The number of amides is 2. The van der Waals surface area contributed by atoms with Gasteiger partial charge in [0, 0.05) is 10.3 Å². The number of anilines is 1. The van der Waals surface area contributed by atoms with Gasteiger partial charge < -0.3 is 11.1 Å². The van der Waals surface area contributed by atoms with Crippen molar-refractivity contribution in [2.45, 2.75) is 13.8 Å². The summed E-state index contributed by atoms with van der Waals surface area (Å²) in [7, 11) is 0. The van der Waals surface area contributed by atoms with E-state index < -0.39 is 5.91 Å². The van der Waals surface area contributed by atoms with Crippen LogP contribution in [-0.4, -0.2) is 11.8 Å². The molecule has 1 heterocycles. The van der Waals surface area contributed by atoms with Gasteiger partial charge >= 0.3 is 0 Å². The Balaban J connectivity index is 2.29. The highest BCUT2D eigenvalue weighted by Gasteiger charge is 2.15. The van der Waals surface area contributed by atoms with Gasteiger partial charge in [-0.05, 0) is 31.5 Å². The van der Waals surface area contributed by atoms with Crippen molar-refractivity contribution in [2.75, 3.05) is 5.32 Å². The fourth-order valence-corrected chi connectivity index (χ4v) is 2.60. The van der Waals surface area contributed by atoms with Crippen molar-refractivity contribution in [1.29, 1.82) is 0 Å². The van der Waals surface area contributed by atoms with Gasteiger partial charge in [-0.1, -0.05) is 12.1 Å². The zero-order chi connectivity index (χ0) is 14.0. The Morgan fingerprint density at radius 2 is 1.84 bits per heavy atom. The van der Waals surface area contributed by atoms with Crippen LogP contribution in [0.2, 0.25) is 0 Å². The molecule has 0 spiro atoms. The van der Waals surface area contributed by atoms with Crippen molar-refractivity contribution in [2.24, 2.45) is 5.73 Å². The van der Waals surface area contributed by atoms with Crippen molar-refractivity contribution < 1.29 is 9.59 Å². The monoisotopic (exact) mass is 274 g/mol. The highest BCUT2D eigenvalue weighted by Crippen LogP contribution is 2.22. The van der Waals surface area contributed by atoms with Crippen LogP contribution in [0.1, 0.15) is 31.2 Å². The fraction of sp³-hybridized carbons (Fsp3) is 0.143. The predicted octanol–water partition coefficient (Wildman–Crippen LogP) is 2.72. The molecule has 1 aromatic heterocycles. The average molecular weight is 274 g/mol. The zero-order valence-electron chi connectivity index (χ0n) is 10.7. The number of aryl methyl sites for hydroxylation is 1. The Morgan fingerprint density at radius 1 is 1.16 bits per heavy atom. The Kier molecular flexibility index (Phi) is 3.66. The molecule has 5 heteroatoms. The SMILES string of the molecule is Cc1scc(C(=O)Nc2ccccc2C(N)=O)c1C. The second kappa shape index (κ2) is 5.24. The van der Waals surface area contributed by atoms with Crippen LogP contribution in [0.15, 0.2) is 29.6 Å². The zero-order valence-corrected chi connectivity index (χ0v) is 11.5. The van der Waals surface area contributed by atoms with Crippen molar-refractivity contribution in [3.8, 4) is 0 Å². The summed E-state index contributed by atoms with van der Waals surface area (Å²) >= 11 is 1.53. The van der Waals surface area contributed by atoms with E-state index in [1.54, 1.807) is 24.3 Å². The van der Waals surface area contributed by atoms with Gasteiger partial charge in [-0.25, -0.2) is 0 Å². The maximum Gasteiger partial charge on any atom is 0.256 e. The molecule has 19 heavy (non-hydrogen) atoms. The lowest BCUT2D eigenvalue weighted by Gasteiger charge is -2.08. The summed E-state index contributed by atoms with van der Waals surface area (Å²) in [4.78, 5) is 24.6. The number of nitrogens with two attached hydrogens (primary N) is 1. The summed E-state index contributed by atoms with van der Waals surface area (Å²) in [6.45, 7) is 3.87. The molecule has 98 valence electrons. The van der Waals surface area contributed by atoms with Crippen LogP contribution >= 0.6 is 11.3 Å². The van der Waals surface area contributed by atoms with Crippen LogP contribution in [0.5, 0.6) is 0 Å². The number of benzene rings is 1. The van der Waals surface area contributed by atoms with Gasteiger partial charge in [0.05, 0.1) is 16.8 Å². The molecule has 0 aliphatic rings. The topological polar surface area (TPSA) is 72.2 Å². The van der Waals surface area contributed by atoms with Gasteiger partial charge in [-0.2, -0.15) is 0 Å². The lowest BCUT2D eigenvalue weighted by Crippen LogP contribution is -2.18. The van der Waals surface area contributed by atoms with Crippen molar-refractivity contribution >= 4 is 28.8 Å². The van der Waals surface area contributed by atoms with E-state index in [1.807, 2.05) is 19.2 Å². The number of carbonyl (C=O) groups is 2. The molecule has 4 nitrogen and oxygen atoms in total. The highest BCUT2D eigenvalue weighted by molar-refractivity contribution is 7.10. The number of rotatable bonds is 3. The van der Waals surface area contributed by atoms with Crippen LogP contribution < -0.4 is 11.1 Å². The summed E-state index contributed by atoms with van der Waals surface area (Å²) in [6.07, 6.45) is 0. The van der Waals surface area contributed by atoms with Gasteiger partial charge in [0.1, 0.15) is 0 Å². The lowest BCUT2D eigenvalue weighted by atomic mass is 10.1. The van der Waals surface area contributed by atoms with Gasteiger partial charge in [-0.15, -0.1) is 11.3 Å². The second-order valence-electron chi connectivity index (χ2n) is 4.19. The minimum absolute atomic E-state index is 0.226. The van der Waals surface area contributed by atoms with E-state index in [9.17, 15) is 9.59 Å². The molecule has 0 radical (unpaired) electrons. The maximum atomic E-state index is 12.2. The number of nitrogens with one attached hydrogen (secondary N) is 1. The third kappa shape index (κ3) is 2.66. The summed E-state index contributed by atoms with van der Waals surface area (Å²) in [5.41, 5.74) is 7.60. The van der Waals surface area contributed by atoms with Gasteiger partial charge in [0.15, 0.2) is 0 Å². The van der Waals surface area contributed by atoms with Gasteiger partial charge in [0.25, 0.3) is 11.8 Å².